The van der Waals surface area contributed by atoms with Gasteiger partial charge >= 0.3 is 11.9 Å². The lowest BCUT2D eigenvalue weighted by atomic mass is 9.95. The Morgan fingerprint density at radius 2 is 1.14 bits per heavy atom. The predicted molar refractivity (Wildman–Crippen MR) is 287 cm³/mol. The molecule has 26 heteroatoms. The number of carboxylic acids is 2. The Balaban J connectivity index is 1.79. The van der Waals surface area contributed by atoms with Crippen molar-refractivity contribution >= 4 is 91.7 Å². The Morgan fingerprint density at radius 3 is 1.75 bits per heavy atom. The van der Waals surface area contributed by atoms with Crippen LogP contribution < -0.4 is 48.3 Å². The lowest BCUT2D eigenvalue weighted by molar-refractivity contribution is -0.142. The highest BCUT2D eigenvalue weighted by molar-refractivity contribution is 8.76. The third kappa shape index (κ3) is 19.0. The number of rotatable bonds is 13. The van der Waals surface area contributed by atoms with Gasteiger partial charge < -0.3 is 73.7 Å². The summed E-state index contributed by atoms with van der Waals surface area (Å²) < 4.78 is 0. The van der Waals surface area contributed by atoms with Crippen molar-refractivity contribution in [3.05, 3.63) is 65.9 Å². The number of aliphatic hydroxyl groups excluding tert-OH is 1. The molecule has 4 rings (SSSR count). The number of hydrogen-bond acceptors (Lipinski definition) is 15. The first-order chi connectivity index (χ1) is 36.3. The molecule has 2 aromatic carbocycles. The molecule has 0 spiro atoms. The SMILES string of the molecule is CC[C@H](C)[C@@H]1NC(=O)[C@H](CC(C)C)NC(=O)[C@H](C(C)C)NC(=O)[C@H](Cc2ccc(O)cc2)NC(=O)[C@H](CC(=O)O)NC(=O)[C@H]([C@@H](C)O)NC(=O)[C@@H](N)CSSC[C@@H](C(=O)O)NC(=O)[C@H](Cc2c[nH]c3ccccc23)NC1=O. The molecule has 2 heterocycles. The summed E-state index contributed by atoms with van der Waals surface area (Å²) in [6, 6.07) is -0.895. The number of para-hydroxylation sites is 1. The first-order valence-electron chi connectivity index (χ1n) is 25.2. The van der Waals surface area contributed by atoms with Gasteiger partial charge in [-0.25, -0.2) is 4.79 Å². The van der Waals surface area contributed by atoms with Crippen LogP contribution in [0.25, 0.3) is 10.9 Å². The molecule has 11 atom stereocenters. The summed E-state index contributed by atoms with van der Waals surface area (Å²) >= 11 is 0. The third-order valence-corrected chi connectivity index (χ3v) is 15.2. The van der Waals surface area contributed by atoms with E-state index in [-0.39, 0.29) is 42.4 Å². The number of nitrogens with two attached hydrogens (primary N) is 1. The summed E-state index contributed by atoms with van der Waals surface area (Å²) in [4.78, 5) is 141. The van der Waals surface area contributed by atoms with Gasteiger partial charge in [-0.1, -0.05) is 99.9 Å². The second kappa shape index (κ2) is 29.6. The van der Waals surface area contributed by atoms with E-state index in [2.05, 4.69) is 47.5 Å². The number of aliphatic hydroxyl groups is 1. The lowest BCUT2D eigenvalue weighted by Gasteiger charge is -2.31. The molecule has 422 valence electrons. The zero-order valence-electron chi connectivity index (χ0n) is 43.9. The second-order valence-corrected chi connectivity index (χ2v) is 22.4. The molecule has 0 unspecified atom stereocenters. The fourth-order valence-corrected chi connectivity index (χ4v) is 10.4. The summed E-state index contributed by atoms with van der Waals surface area (Å²) in [6.45, 7) is 11.4. The molecule has 24 nitrogen and oxygen atoms in total. The number of carbonyl (C=O) groups is 10. The maximum atomic E-state index is 14.5. The van der Waals surface area contributed by atoms with E-state index in [9.17, 15) is 68.4 Å². The van der Waals surface area contributed by atoms with Crippen molar-refractivity contribution in [2.45, 2.75) is 141 Å². The fraction of sp³-hybridized carbons (Fsp3) is 0.529. The van der Waals surface area contributed by atoms with Gasteiger partial charge in [0.15, 0.2) is 0 Å². The van der Waals surface area contributed by atoms with Crippen LogP contribution in [0.4, 0.5) is 0 Å². The molecule has 15 N–H and O–H groups in total. The predicted octanol–water partition coefficient (Wildman–Crippen LogP) is -0.0523. The molecule has 1 aromatic heterocycles. The van der Waals surface area contributed by atoms with E-state index in [1.807, 2.05) is 6.07 Å². The number of benzene rings is 2. The number of aromatic amines is 1. The first kappa shape index (κ1) is 62.6. The van der Waals surface area contributed by atoms with E-state index in [1.165, 1.54) is 24.3 Å². The molecule has 1 aliphatic rings. The van der Waals surface area contributed by atoms with E-state index >= 15 is 0 Å². The van der Waals surface area contributed by atoms with E-state index < -0.39 is 138 Å². The summed E-state index contributed by atoms with van der Waals surface area (Å²) in [6.07, 6.45) is -1.05. The van der Waals surface area contributed by atoms with E-state index in [0.717, 1.165) is 39.4 Å². The molecular formula is C51H72N10O14S2. The molecule has 3 aromatic rings. The van der Waals surface area contributed by atoms with Crippen molar-refractivity contribution in [1.82, 2.24) is 47.5 Å². The molecule has 8 amide bonds. The number of fused-ring (bicyclic) bond motifs is 1. The molecule has 77 heavy (non-hydrogen) atoms. The van der Waals surface area contributed by atoms with E-state index in [1.54, 1.807) is 65.9 Å². The Morgan fingerprint density at radius 1 is 0.623 bits per heavy atom. The molecule has 1 fully saturated rings. The van der Waals surface area contributed by atoms with Crippen LogP contribution in [-0.2, 0) is 60.8 Å². The zero-order chi connectivity index (χ0) is 57.3. The number of H-pyrrole nitrogens is 1. The van der Waals surface area contributed by atoms with Gasteiger partial charge in [0.1, 0.15) is 54.1 Å². The number of carbonyl (C=O) groups excluding carboxylic acids is 8. The van der Waals surface area contributed by atoms with Crippen LogP contribution in [0.5, 0.6) is 5.75 Å². The summed E-state index contributed by atoms with van der Waals surface area (Å²) in [5, 5.41) is 61.7. The minimum absolute atomic E-state index is 0.0470. The van der Waals surface area contributed by atoms with Gasteiger partial charge in [-0.15, -0.1) is 0 Å². The quantitative estimate of drug-likeness (QED) is 0.0998. The van der Waals surface area contributed by atoms with Gasteiger partial charge in [0, 0.05) is 41.4 Å². The normalized spacial score (nSPS) is 25.5. The van der Waals surface area contributed by atoms with Crippen molar-refractivity contribution in [2.24, 2.45) is 23.5 Å². The number of nitrogens with one attached hydrogen (secondary N) is 9. The summed E-state index contributed by atoms with van der Waals surface area (Å²) in [5.41, 5.74) is 7.86. The third-order valence-electron chi connectivity index (χ3n) is 12.7. The number of aromatic hydroxyl groups is 1. The van der Waals surface area contributed by atoms with Crippen LogP contribution in [0.2, 0.25) is 0 Å². The number of aliphatic carboxylic acids is 2. The number of amides is 8. The topological polar surface area (TPSA) is 390 Å². The van der Waals surface area contributed by atoms with Gasteiger partial charge in [-0.2, -0.15) is 0 Å². The van der Waals surface area contributed by atoms with Crippen molar-refractivity contribution in [2.75, 3.05) is 11.5 Å². The van der Waals surface area contributed by atoms with Crippen LogP contribution in [0.1, 0.15) is 78.9 Å². The molecule has 0 radical (unpaired) electrons. The maximum absolute atomic E-state index is 14.5. The van der Waals surface area contributed by atoms with Gasteiger partial charge in [0.05, 0.1) is 18.6 Å². The highest BCUT2D eigenvalue weighted by atomic mass is 33.1. The van der Waals surface area contributed by atoms with Crippen LogP contribution in [0.15, 0.2) is 54.7 Å². The number of aromatic nitrogens is 1. The molecule has 1 saturated heterocycles. The van der Waals surface area contributed by atoms with Crippen molar-refractivity contribution < 1.29 is 68.4 Å². The minimum atomic E-state index is -1.92. The Bertz CT molecular complexity index is 2580. The molecule has 0 saturated carbocycles. The van der Waals surface area contributed by atoms with Gasteiger partial charge in [0.25, 0.3) is 0 Å². The zero-order valence-corrected chi connectivity index (χ0v) is 45.5. The van der Waals surface area contributed by atoms with Crippen LogP contribution >= 0.6 is 21.6 Å². The number of hydrogen-bond donors (Lipinski definition) is 14. The lowest BCUT2D eigenvalue weighted by Crippen LogP contribution is -2.62. The Hall–Kier alpha value is -6.90. The molecule has 0 aliphatic carbocycles. The van der Waals surface area contributed by atoms with E-state index in [0.29, 0.717) is 17.5 Å². The Kier molecular flexibility index (Phi) is 24.1. The number of carboxylic acid groups (broad SMARTS) is 2. The summed E-state index contributed by atoms with van der Waals surface area (Å²) in [5.74, 6) is -12.6. The maximum Gasteiger partial charge on any atom is 0.327 e. The smallest absolute Gasteiger partial charge is 0.327 e. The van der Waals surface area contributed by atoms with E-state index in [4.69, 9.17) is 5.73 Å². The van der Waals surface area contributed by atoms with Crippen LogP contribution in [-0.4, -0.2) is 157 Å². The molecule has 1 aliphatic heterocycles. The monoisotopic (exact) mass is 1110 g/mol. The van der Waals surface area contributed by atoms with Crippen molar-refractivity contribution in [3.63, 3.8) is 0 Å². The average molecular weight is 1110 g/mol. The van der Waals surface area contributed by atoms with Crippen LogP contribution in [0, 0.1) is 17.8 Å². The largest absolute Gasteiger partial charge is 0.508 e. The average Bonchev–Trinajstić information content (AvgIpc) is 3.78. The molecular weight excluding hydrogens is 1040 g/mol. The molecule has 0 bridgehead atoms. The Labute approximate surface area is 453 Å². The van der Waals surface area contributed by atoms with Crippen molar-refractivity contribution in [1.29, 1.82) is 0 Å². The highest BCUT2D eigenvalue weighted by Gasteiger charge is 2.38. The second-order valence-electron chi connectivity index (χ2n) is 19.8. The number of phenolic OH excluding ortho intramolecular Hbond substituents is 1. The van der Waals surface area contributed by atoms with Crippen molar-refractivity contribution in [3.8, 4) is 5.75 Å². The van der Waals surface area contributed by atoms with Gasteiger partial charge in [-0.05, 0) is 60.4 Å². The van der Waals surface area contributed by atoms with Gasteiger partial charge in [-0.3, -0.25) is 43.2 Å². The standard InChI is InChI=1S/C51H72N10O14S2/c1-8-26(6)41-49(72)56-36(19-29-21-53-33-12-10-9-11-31(29)33)44(67)58-38(51(74)75)23-77-76-22-32(52)43(66)61-42(27(7)62)50(73)57-37(20-39(64)65)45(68)54-35(18-28-13-15-30(63)16-14-28)47(70)59-40(25(4)5)48(71)55-34(17-24(2)3)46(69)60-41/h9-16,21,24-27,32,34-38,40-42,53,62-63H,8,17-20,22-23,52H2,1-7H3,(H,54,68)(H,55,71)(H,56,72)(H,57,73)(H,58,67)(H,59,70)(H,60,69)(H,61,66)(H,64,65)(H,74,75)/t26-,27+,32-,34-,35-,36-,37-,38-,40-,41-,42-/m0/s1. The summed E-state index contributed by atoms with van der Waals surface area (Å²) in [7, 11) is 1.87. The number of phenols is 1. The van der Waals surface area contributed by atoms with Gasteiger partial charge in [0.2, 0.25) is 47.3 Å². The van der Waals surface area contributed by atoms with Crippen LogP contribution in [0.3, 0.4) is 0 Å². The highest BCUT2D eigenvalue weighted by Crippen LogP contribution is 2.24. The minimum Gasteiger partial charge on any atom is -0.508 e. The first-order valence-corrected chi connectivity index (χ1v) is 27.7. The fourth-order valence-electron chi connectivity index (χ4n) is 8.12.